The van der Waals surface area contributed by atoms with Crippen molar-refractivity contribution >= 4 is 44.9 Å². The van der Waals surface area contributed by atoms with E-state index in [0.717, 1.165) is 15.9 Å². The predicted octanol–water partition coefficient (Wildman–Crippen LogP) is 4.60. The van der Waals surface area contributed by atoms with Crippen molar-refractivity contribution in [3.63, 3.8) is 0 Å². The van der Waals surface area contributed by atoms with E-state index in [0.29, 0.717) is 48.1 Å². The molecule has 0 bridgehead atoms. The zero-order valence-corrected chi connectivity index (χ0v) is 17.4. The van der Waals surface area contributed by atoms with Gasteiger partial charge in [-0.3, -0.25) is 4.79 Å². The van der Waals surface area contributed by atoms with Gasteiger partial charge in [-0.1, -0.05) is 24.2 Å². The van der Waals surface area contributed by atoms with Gasteiger partial charge in [-0.15, -0.1) is 0 Å². The number of nitrogens with zero attached hydrogens (tertiary/aromatic N) is 3. The lowest BCUT2D eigenvalue weighted by Crippen LogP contribution is -2.48. The first kappa shape index (κ1) is 19.7. The molecule has 0 spiro atoms. The van der Waals surface area contributed by atoms with Crippen LogP contribution < -0.4 is 9.64 Å². The van der Waals surface area contributed by atoms with Crippen LogP contribution in [-0.4, -0.2) is 48.5 Å². The predicted molar refractivity (Wildman–Crippen MR) is 116 cm³/mol. The highest BCUT2D eigenvalue weighted by atomic mass is 35.5. The van der Waals surface area contributed by atoms with Crippen molar-refractivity contribution in [2.45, 2.75) is 0 Å². The fourth-order valence-electron chi connectivity index (χ4n) is 3.56. The maximum Gasteiger partial charge on any atom is 0.246 e. The van der Waals surface area contributed by atoms with Crippen LogP contribution in [-0.2, 0) is 4.79 Å². The SMILES string of the molecule is C=CC(=O)N1CCN(c2snc3cc(-c4c(F)cccc4OC)c(Cl)cc23)CC1. The summed E-state index contributed by atoms with van der Waals surface area (Å²) in [5.41, 5.74) is 1.62. The third-order valence-corrected chi connectivity index (χ3v) is 6.32. The Labute approximate surface area is 177 Å². The third-order valence-electron chi connectivity index (χ3n) is 5.06. The van der Waals surface area contributed by atoms with Crippen molar-refractivity contribution in [3.8, 4) is 16.9 Å². The van der Waals surface area contributed by atoms with Gasteiger partial charge in [0.15, 0.2) is 0 Å². The number of rotatable bonds is 4. The largest absolute Gasteiger partial charge is 0.496 e. The van der Waals surface area contributed by atoms with Gasteiger partial charge < -0.3 is 14.5 Å². The molecule has 0 radical (unpaired) electrons. The molecule has 1 aromatic heterocycles. The Morgan fingerprint density at radius 2 is 2.07 bits per heavy atom. The number of methoxy groups -OCH3 is 1. The molecule has 150 valence electrons. The van der Waals surface area contributed by atoms with E-state index in [2.05, 4.69) is 15.9 Å². The quantitative estimate of drug-likeness (QED) is 0.566. The van der Waals surface area contributed by atoms with Crippen LogP contribution in [0.2, 0.25) is 5.02 Å². The summed E-state index contributed by atoms with van der Waals surface area (Å²) < 4.78 is 24.4. The number of aromatic nitrogens is 1. The molecular weight excluding hydrogens is 413 g/mol. The average Bonchev–Trinajstić information content (AvgIpc) is 3.15. The zero-order valence-electron chi connectivity index (χ0n) is 15.8. The van der Waals surface area contributed by atoms with E-state index < -0.39 is 5.82 Å². The van der Waals surface area contributed by atoms with Crippen LogP contribution in [0.5, 0.6) is 5.75 Å². The maximum absolute atomic E-state index is 14.5. The molecule has 0 saturated carbocycles. The van der Waals surface area contributed by atoms with Gasteiger partial charge in [-0.25, -0.2) is 4.39 Å². The Bertz CT molecular complexity index is 1090. The molecule has 1 saturated heterocycles. The van der Waals surface area contributed by atoms with Gasteiger partial charge >= 0.3 is 0 Å². The molecule has 1 aliphatic rings. The number of hydrogen-bond acceptors (Lipinski definition) is 5. The van der Waals surface area contributed by atoms with Gasteiger partial charge in [0.25, 0.3) is 0 Å². The van der Waals surface area contributed by atoms with E-state index in [1.165, 1.54) is 30.8 Å². The van der Waals surface area contributed by atoms with Crippen molar-refractivity contribution in [1.82, 2.24) is 9.27 Å². The molecule has 2 aromatic carbocycles. The Morgan fingerprint density at radius 3 is 2.76 bits per heavy atom. The van der Waals surface area contributed by atoms with E-state index in [4.69, 9.17) is 16.3 Å². The van der Waals surface area contributed by atoms with Crippen LogP contribution in [0.25, 0.3) is 22.0 Å². The first-order chi connectivity index (χ1) is 14.0. The molecule has 5 nitrogen and oxygen atoms in total. The second-order valence-corrected chi connectivity index (χ2v) is 7.83. The lowest BCUT2D eigenvalue weighted by Gasteiger charge is -2.34. The van der Waals surface area contributed by atoms with Gasteiger partial charge in [-0.05, 0) is 41.9 Å². The number of fused-ring (bicyclic) bond motifs is 1. The number of anilines is 1. The number of amides is 1. The smallest absolute Gasteiger partial charge is 0.246 e. The second-order valence-electron chi connectivity index (χ2n) is 6.67. The lowest BCUT2D eigenvalue weighted by atomic mass is 10.0. The van der Waals surface area contributed by atoms with Gasteiger partial charge in [0, 0.05) is 42.2 Å². The van der Waals surface area contributed by atoms with Crippen LogP contribution in [0.15, 0.2) is 43.0 Å². The van der Waals surface area contributed by atoms with Gasteiger partial charge in [0.2, 0.25) is 5.91 Å². The number of carbonyl (C=O) groups excluding carboxylic acids is 1. The average molecular weight is 432 g/mol. The first-order valence-electron chi connectivity index (χ1n) is 9.11. The van der Waals surface area contributed by atoms with E-state index >= 15 is 0 Å². The van der Waals surface area contributed by atoms with Crippen molar-refractivity contribution in [3.05, 3.63) is 53.8 Å². The number of piperazine rings is 1. The van der Waals surface area contributed by atoms with Crippen molar-refractivity contribution in [2.24, 2.45) is 0 Å². The van der Waals surface area contributed by atoms with Crippen LogP contribution in [0.4, 0.5) is 9.39 Å². The topological polar surface area (TPSA) is 45.7 Å². The maximum atomic E-state index is 14.5. The van der Waals surface area contributed by atoms with E-state index in [1.54, 1.807) is 23.1 Å². The van der Waals surface area contributed by atoms with Crippen molar-refractivity contribution < 1.29 is 13.9 Å². The Morgan fingerprint density at radius 1 is 1.31 bits per heavy atom. The van der Waals surface area contributed by atoms with Crippen LogP contribution in [0.1, 0.15) is 0 Å². The summed E-state index contributed by atoms with van der Waals surface area (Å²) in [5, 5.41) is 2.35. The summed E-state index contributed by atoms with van der Waals surface area (Å²) in [6, 6.07) is 8.32. The Kier molecular flexibility index (Phi) is 5.43. The highest BCUT2D eigenvalue weighted by Crippen LogP contribution is 2.42. The molecule has 29 heavy (non-hydrogen) atoms. The van der Waals surface area contributed by atoms with E-state index in [-0.39, 0.29) is 5.91 Å². The lowest BCUT2D eigenvalue weighted by molar-refractivity contribution is -0.126. The summed E-state index contributed by atoms with van der Waals surface area (Å²) in [5.74, 6) is -0.0286. The molecule has 0 unspecified atom stereocenters. The minimum absolute atomic E-state index is 0.0506. The summed E-state index contributed by atoms with van der Waals surface area (Å²) in [7, 11) is 1.50. The highest BCUT2D eigenvalue weighted by molar-refractivity contribution is 7.11. The van der Waals surface area contributed by atoms with E-state index in [1.807, 2.05) is 6.07 Å². The molecule has 0 aliphatic carbocycles. The molecule has 1 fully saturated rings. The highest BCUT2D eigenvalue weighted by Gasteiger charge is 2.24. The number of hydrogen-bond donors (Lipinski definition) is 0. The molecule has 8 heteroatoms. The number of benzene rings is 2. The molecule has 1 amide bonds. The normalized spacial score (nSPS) is 14.3. The number of ether oxygens (including phenoxy) is 1. The summed E-state index contributed by atoms with van der Waals surface area (Å²) in [4.78, 5) is 15.8. The summed E-state index contributed by atoms with van der Waals surface area (Å²) in [6.07, 6.45) is 1.34. The molecule has 0 atom stereocenters. The number of carbonyl (C=O) groups is 1. The second kappa shape index (κ2) is 8.00. The fourth-order valence-corrected chi connectivity index (χ4v) is 4.72. The van der Waals surface area contributed by atoms with Crippen LogP contribution in [0, 0.1) is 5.82 Å². The van der Waals surface area contributed by atoms with Crippen LogP contribution in [0.3, 0.4) is 0 Å². The molecular formula is C21H19ClFN3O2S. The molecule has 0 N–H and O–H groups in total. The van der Waals surface area contributed by atoms with Gasteiger partial charge in [0.1, 0.15) is 16.6 Å². The molecule has 3 aromatic rings. The summed E-state index contributed by atoms with van der Waals surface area (Å²) in [6.45, 7) is 6.21. The monoisotopic (exact) mass is 431 g/mol. The number of halogens is 2. The van der Waals surface area contributed by atoms with E-state index in [9.17, 15) is 9.18 Å². The van der Waals surface area contributed by atoms with Crippen molar-refractivity contribution in [2.75, 3.05) is 38.2 Å². The summed E-state index contributed by atoms with van der Waals surface area (Å²) >= 11 is 7.94. The van der Waals surface area contributed by atoms with Crippen LogP contribution >= 0.6 is 23.1 Å². The van der Waals surface area contributed by atoms with Gasteiger partial charge in [0.05, 0.1) is 18.2 Å². The zero-order chi connectivity index (χ0) is 20.5. The fraction of sp³-hybridized carbons (Fsp3) is 0.238. The first-order valence-corrected chi connectivity index (χ1v) is 10.3. The standard InChI is InChI=1S/C21H19ClFN3O2S/c1-3-19(27)25-7-9-26(10-8-25)21-14-11-15(22)13(12-17(14)24-29-21)20-16(23)5-4-6-18(20)28-2/h3-6,11-12H,1,7-10H2,2H3. The molecule has 2 heterocycles. The minimum atomic E-state index is -0.399. The molecule has 4 rings (SSSR count). The van der Waals surface area contributed by atoms with Crippen molar-refractivity contribution in [1.29, 1.82) is 0 Å². The minimum Gasteiger partial charge on any atom is -0.496 e. The third kappa shape index (κ3) is 3.56. The Balaban J connectivity index is 1.69. The van der Waals surface area contributed by atoms with Gasteiger partial charge in [-0.2, -0.15) is 4.37 Å². The Hall–Kier alpha value is -2.64. The molecule has 1 aliphatic heterocycles.